The molecule has 1 N–H and O–H groups in total. The van der Waals surface area contributed by atoms with Gasteiger partial charge >= 0.3 is 0 Å². The van der Waals surface area contributed by atoms with Crippen LogP contribution in [0.4, 0.5) is 0 Å². The number of rotatable bonds is 6. The van der Waals surface area contributed by atoms with Crippen molar-refractivity contribution in [3.8, 4) is 0 Å². The number of benzene rings is 1. The predicted octanol–water partition coefficient (Wildman–Crippen LogP) is 3.54. The monoisotopic (exact) mass is 260 g/mol. The lowest BCUT2D eigenvalue weighted by atomic mass is 10.0. The van der Waals surface area contributed by atoms with E-state index in [4.69, 9.17) is 0 Å². The Morgan fingerprint density at radius 1 is 1.33 bits per heavy atom. The molecule has 0 amide bonds. The highest BCUT2D eigenvalue weighted by Gasteiger charge is 2.04. The molecular weight excluding hydrogens is 240 g/mol. The molecule has 0 atom stereocenters. The minimum atomic E-state index is 0.950. The van der Waals surface area contributed by atoms with Gasteiger partial charge in [-0.05, 0) is 36.6 Å². The maximum Gasteiger partial charge on any atom is 0.0968 e. The van der Waals surface area contributed by atoms with Gasteiger partial charge in [0.05, 0.1) is 5.01 Å². The summed E-state index contributed by atoms with van der Waals surface area (Å²) in [5, 5.41) is 6.67. The minimum absolute atomic E-state index is 0.950. The van der Waals surface area contributed by atoms with E-state index in [9.17, 15) is 0 Å². The van der Waals surface area contributed by atoms with Crippen LogP contribution in [0.25, 0.3) is 0 Å². The van der Waals surface area contributed by atoms with Gasteiger partial charge in [-0.25, -0.2) is 4.98 Å². The summed E-state index contributed by atoms with van der Waals surface area (Å²) in [5.41, 5.74) is 4.10. The molecule has 96 valence electrons. The highest BCUT2D eigenvalue weighted by atomic mass is 32.1. The third kappa shape index (κ3) is 3.65. The van der Waals surface area contributed by atoms with Crippen LogP contribution < -0.4 is 5.32 Å². The predicted molar refractivity (Wildman–Crippen MR) is 78.1 cm³/mol. The lowest BCUT2D eigenvalue weighted by Crippen LogP contribution is -2.14. The van der Waals surface area contributed by atoms with Crippen LogP contribution in [0.3, 0.4) is 0 Å². The van der Waals surface area contributed by atoms with Gasteiger partial charge in [0, 0.05) is 24.5 Å². The number of aromatic nitrogens is 1. The molecule has 0 fully saturated rings. The smallest absolute Gasteiger partial charge is 0.0968 e. The van der Waals surface area contributed by atoms with Crippen molar-refractivity contribution in [3.05, 3.63) is 51.5 Å². The Morgan fingerprint density at radius 2 is 2.22 bits per heavy atom. The zero-order valence-electron chi connectivity index (χ0n) is 11.1. The third-order valence-electron chi connectivity index (χ3n) is 2.99. The van der Waals surface area contributed by atoms with E-state index in [2.05, 4.69) is 42.3 Å². The normalized spacial score (nSPS) is 10.8. The summed E-state index contributed by atoms with van der Waals surface area (Å²) in [7, 11) is 0. The lowest BCUT2D eigenvalue weighted by Gasteiger charge is -2.08. The van der Waals surface area contributed by atoms with Crippen molar-refractivity contribution in [3.63, 3.8) is 0 Å². The van der Waals surface area contributed by atoms with Crippen molar-refractivity contribution in [1.29, 1.82) is 0 Å². The SMILES string of the molecule is CCCNCc1ccc(C)c(Cc2nccs2)c1. The van der Waals surface area contributed by atoms with Gasteiger partial charge in [-0.15, -0.1) is 11.3 Å². The Bertz CT molecular complexity index is 477. The van der Waals surface area contributed by atoms with Crippen molar-refractivity contribution >= 4 is 11.3 Å². The standard InChI is InChI=1S/C15H20N2S/c1-3-6-16-11-13-5-4-12(2)14(9-13)10-15-17-7-8-18-15/h4-5,7-9,16H,3,6,10-11H2,1-2H3. The molecule has 0 radical (unpaired) electrons. The second-order valence-corrected chi connectivity index (χ2v) is 5.52. The first-order chi connectivity index (χ1) is 8.79. The van der Waals surface area contributed by atoms with E-state index in [1.54, 1.807) is 11.3 Å². The fraction of sp³-hybridized carbons (Fsp3) is 0.400. The molecule has 2 nitrogen and oxygen atoms in total. The van der Waals surface area contributed by atoms with E-state index in [-0.39, 0.29) is 0 Å². The molecule has 1 heterocycles. The number of hydrogen-bond acceptors (Lipinski definition) is 3. The zero-order valence-corrected chi connectivity index (χ0v) is 11.9. The van der Waals surface area contributed by atoms with Gasteiger partial charge in [0.2, 0.25) is 0 Å². The van der Waals surface area contributed by atoms with Crippen molar-refractivity contribution in [2.75, 3.05) is 6.54 Å². The number of hydrogen-bond donors (Lipinski definition) is 1. The molecule has 0 bridgehead atoms. The molecule has 1 aromatic heterocycles. The molecule has 0 aliphatic heterocycles. The maximum absolute atomic E-state index is 4.36. The number of aryl methyl sites for hydroxylation is 1. The summed E-state index contributed by atoms with van der Waals surface area (Å²) in [4.78, 5) is 4.36. The topological polar surface area (TPSA) is 24.9 Å². The number of nitrogens with zero attached hydrogens (tertiary/aromatic N) is 1. The first kappa shape index (κ1) is 13.2. The van der Waals surface area contributed by atoms with Gasteiger partial charge in [0.25, 0.3) is 0 Å². The van der Waals surface area contributed by atoms with Gasteiger partial charge in [0.15, 0.2) is 0 Å². The van der Waals surface area contributed by atoms with Crippen LogP contribution in [0.2, 0.25) is 0 Å². The van der Waals surface area contributed by atoms with E-state index in [0.29, 0.717) is 0 Å². The van der Waals surface area contributed by atoms with Gasteiger partial charge in [0.1, 0.15) is 0 Å². The first-order valence-electron chi connectivity index (χ1n) is 6.47. The minimum Gasteiger partial charge on any atom is -0.313 e. The van der Waals surface area contributed by atoms with E-state index >= 15 is 0 Å². The van der Waals surface area contributed by atoms with Gasteiger partial charge in [-0.1, -0.05) is 25.1 Å². The van der Waals surface area contributed by atoms with Crippen molar-refractivity contribution in [1.82, 2.24) is 10.3 Å². The summed E-state index contributed by atoms with van der Waals surface area (Å²) in [6.45, 7) is 6.40. The molecule has 18 heavy (non-hydrogen) atoms. The highest BCUT2D eigenvalue weighted by Crippen LogP contribution is 2.17. The Labute approximate surface area is 113 Å². The quantitative estimate of drug-likeness (QED) is 0.804. The van der Waals surface area contributed by atoms with Crippen LogP contribution in [0.1, 0.15) is 35.0 Å². The molecule has 1 aromatic carbocycles. The van der Waals surface area contributed by atoms with Crippen LogP contribution in [-0.4, -0.2) is 11.5 Å². The summed E-state index contributed by atoms with van der Waals surface area (Å²) in [6.07, 6.45) is 4.00. The highest BCUT2D eigenvalue weighted by molar-refractivity contribution is 7.09. The number of thiazole rings is 1. The fourth-order valence-electron chi connectivity index (χ4n) is 1.94. The summed E-state index contributed by atoms with van der Waals surface area (Å²) < 4.78 is 0. The molecule has 0 saturated carbocycles. The van der Waals surface area contributed by atoms with Crippen LogP contribution in [0, 0.1) is 6.92 Å². The van der Waals surface area contributed by atoms with Gasteiger partial charge in [-0.2, -0.15) is 0 Å². The summed E-state index contributed by atoms with van der Waals surface area (Å²) in [6, 6.07) is 6.73. The van der Waals surface area contributed by atoms with E-state index < -0.39 is 0 Å². The Balaban J connectivity index is 2.06. The Kier molecular flexibility index (Phi) is 4.90. The van der Waals surface area contributed by atoms with Crippen LogP contribution in [0.5, 0.6) is 0 Å². The Hall–Kier alpha value is -1.19. The molecule has 0 aliphatic carbocycles. The van der Waals surface area contributed by atoms with E-state index in [1.165, 1.54) is 28.1 Å². The molecule has 2 rings (SSSR count). The zero-order chi connectivity index (χ0) is 12.8. The van der Waals surface area contributed by atoms with Crippen LogP contribution in [-0.2, 0) is 13.0 Å². The summed E-state index contributed by atoms with van der Waals surface area (Å²) in [5.74, 6) is 0. The fourth-order valence-corrected chi connectivity index (χ4v) is 2.58. The largest absolute Gasteiger partial charge is 0.313 e. The van der Waals surface area contributed by atoms with Crippen molar-refractivity contribution in [2.45, 2.75) is 33.2 Å². The van der Waals surface area contributed by atoms with Gasteiger partial charge in [-0.3, -0.25) is 0 Å². The van der Waals surface area contributed by atoms with Crippen LogP contribution in [0.15, 0.2) is 29.8 Å². The first-order valence-corrected chi connectivity index (χ1v) is 7.35. The lowest BCUT2D eigenvalue weighted by molar-refractivity contribution is 0.675. The number of nitrogens with one attached hydrogen (secondary N) is 1. The van der Waals surface area contributed by atoms with E-state index in [1.807, 2.05) is 11.6 Å². The summed E-state index contributed by atoms with van der Waals surface area (Å²) >= 11 is 1.73. The van der Waals surface area contributed by atoms with E-state index in [0.717, 1.165) is 19.5 Å². The third-order valence-corrected chi connectivity index (χ3v) is 3.77. The van der Waals surface area contributed by atoms with Gasteiger partial charge < -0.3 is 5.32 Å². The Morgan fingerprint density at radius 3 is 2.94 bits per heavy atom. The molecule has 2 aromatic rings. The second-order valence-electron chi connectivity index (χ2n) is 4.54. The molecule has 0 unspecified atom stereocenters. The molecule has 0 spiro atoms. The van der Waals surface area contributed by atoms with Crippen molar-refractivity contribution < 1.29 is 0 Å². The van der Waals surface area contributed by atoms with Crippen molar-refractivity contribution in [2.24, 2.45) is 0 Å². The second kappa shape index (κ2) is 6.66. The molecule has 0 saturated heterocycles. The average Bonchev–Trinajstić information content (AvgIpc) is 2.86. The average molecular weight is 260 g/mol. The molecule has 0 aliphatic rings. The maximum atomic E-state index is 4.36. The molecule has 3 heteroatoms. The molecular formula is C15H20N2S. The van der Waals surface area contributed by atoms with Crippen LogP contribution >= 0.6 is 11.3 Å².